The fourth-order valence-electron chi connectivity index (χ4n) is 1.75. The Morgan fingerprint density at radius 1 is 1.12 bits per heavy atom. The molecule has 0 fully saturated rings. The highest BCUT2D eigenvalue weighted by atomic mass is 35.5. The standard InChI is InChI=1S/C13H11ClF2S/c1-7-5-10(8(2)17-7)13(14)9-3-4-11(15)12(16)6-9/h3-6,13H,1-2H3. The molecule has 0 N–H and O–H groups in total. The number of aryl methyl sites for hydroxylation is 2. The van der Waals surface area contributed by atoms with Crippen molar-refractivity contribution < 1.29 is 8.78 Å². The quantitative estimate of drug-likeness (QED) is 0.677. The van der Waals surface area contributed by atoms with Crippen LogP contribution in [-0.2, 0) is 0 Å². The highest BCUT2D eigenvalue weighted by molar-refractivity contribution is 7.12. The van der Waals surface area contributed by atoms with Gasteiger partial charge in [-0.05, 0) is 43.2 Å². The third-order valence-corrected chi connectivity index (χ3v) is 4.06. The number of hydrogen-bond donors (Lipinski definition) is 0. The average Bonchev–Trinajstić information content (AvgIpc) is 2.61. The Morgan fingerprint density at radius 2 is 1.82 bits per heavy atom. The fraction of sp³-hybridized carbons (Fsp3) is 0.231. The minimum Gasteiger partial charge on any atom is -0.204 e. The minimum absolute atomic E-state index is 0.435. The predicted octanol–water partition coefficient (Wildman–Crippen LogP) is 4.97. The molecule has 1 aromatic carbocycles. The smallest absolute Gasteiger partial charge is 0.159 e. The molecule has 0 nitrogen and oxygen atoms in total. The summed E-state index contributed by atoms with van der Waals surface area (Å²) in [5.74, 6) is -1.71. The molecule has 2 aromatic rings. The summed E-state index contributed by atoms with van der Waals surface area (Å²) in [4.78, 5) is 2.26. The molecule has 17 heavy (non-hydrogen) atoms. The molecular weight excluding hydrogens is 262 g/mol. The number of thiophene rings is 1. The fourth-order valence-corrected chi connectivity index (χ4v) is 3.14. The Balaban J connectivity index is 2.40. The minimum atomic E-state index is -0.863. The van der Waals surface area contributed by atoms with Gasteiger partial charge in [-0.1, -0.05) is 6.07 Å². The van der Waals surface area contributed by atoms with Crippen LogP contribution >= 0.6 is 22.9 Å². The van der Waals surface area contributed by atoms with E-state index < -0.39 is 17.0 Å². The molecule has 1 heterocycles. The summed E-state index contributed by atoms with van der Waals surface area (Å²) in [6, 6.07) is 5.76. The van der Waals surface area contributed by atoms with E-state index in [0.29, 0.717) is 5.56 Å². The van der Waals surface area contributed by atoms with Gasteiger partial charge in [0, 0.05) is 9.75 Å². The van der Waals surface area contributed by atoms with E-state index in [9.17, 15) is 8.78 Å². The van der Waals surface area contributed by atoms with E-state index in [0.717, 1.165) is 27.5 Å². The average molecular weight is 273 g/mol. The Bertz CT molecular complexity index is 548. The van der Waals surface area contributed by atoms with Crippen LogP contribution in [0, 0.1) is 25.5 Å². The summed E-state index contributed by atoms with van der Waals surface area (Å²) in [5, 5.41) is -0.435. The van der Waals surface area contributed by atoms with Crippen LogP contribution in [0.5, 0.6) is 0 Å². The molecule has 0 bridgehead atoms. The molecule has 0 aliphatic rings. The molecule has 0 amide bonds. The van der Waals surface area contributed by atoms with Crippen molar-refractivity contribution in [2.45, 2.75) is 19.2 Å². The van der Waals surface area contributed by atoms with E-state index >= 15 is 0 Å². The summed E-state index contributed by atoms with van der Waals surface area (Å²) in [7, 11) is 0. The van der Waals surface area contributed by atoms with Crippen LogP contribution in [-0.4, -0.2) is 0 Å². The molecule has 4 heteroatoms. The molecule has 1 unspecified atom stereocenters. The summed E-state index contributed by atoms with van der Waals surface area (Å²) < 4.78 is 26.0. The van der Waals surface area contributed by atoms with E-state index in [-0.39, 0.29) is 0 Å². The third-order valence-electron chi connectivity index (χ3n) is 2.59. The van der Waals surface area contributed by atoms with Gasteiger partial charge in [0.1, 0.15) is 0 Å². The maximum atomic E-state index is 13.1. The van der Waals surface area contributed by atoms with Crippen LogP contribution in [0.1, 0.15) is 26.3 Å². The van der Waals surface area contributed by atoms with Crippen LogP contribution in [0.2, 0.25) is 0 Å². The maximum absolute atomic E-state index is 13.1. The topological polar surface area (TPSA) is 0 Å². The monoisotopic (exact) mass is 272 g/mol. The highest BCUT2D eigenvalue weighted by Gasteiger charge is 2.16. The van der Waals surface area contributed by atoms with Crippen LogP contribution in [0.3, 0.4) is 0 Å². The van der Waals surface area contributed by atoms with Gasteiger partial charge in [0.2, 0.25) is 0 Å². The molecule has 90 valence electrons. The van der Waals surface area contributed by atoms with Crippen molar-refractivity contribution in [3.05, 3.63) is 56.8 Å². The van der Waals surface area contributed by atoms with E-state index in [1.165, 1.54) is 6.07 Å². The zero-order valence-corrected chi connectivity index (χ0v) is 11.0. The van der Waals surface area contributed by atoms with Crippen LogP contribution in [0.25, 0.3) is 0 Å². The van der Waals surface area contributed by atoms with Crippen LogP contribution in [0.4, 0.5) is 8.78 Å². The van der Waals surface area contributed by atoms with Crippen molar-refractivity contribution in [3.8, 4) is 0 Å². The molecule has 2 rings (SSSR count). The Kier molecular flexibility index (Phi) is 3.50. The van der Waals surface area contributed by atoms with Crippen LogP contribution < -0.4 is 0 Å². The van der Waals surface area contributed by atoms with Gasteiger partial charge in [-0.15, -0.1) is 22.9 Å². The number of hydrogen-bond acceptors (Lipinski definition) is 1. The highest BCUT2D eigenvalue weighted by Crippen LogP contribution is 2.35. The van der Waals surface area contributed by atoms with Crippen molar-refractivity contribution >= 4 is 22.9 Å². The number of alkyl halides is 1. The molecule has 1 atom stereocenters. The Hall–Kier alpha value is -0.930. The van der Waals surface area contributed by atoms with E-state index in [1.54, 1.807) is 11.3 Å². The van der Waals surface area contributed by atoms with Gasteiger partial charge in [-0.25, -0.2) is 8.78 Å². The van der Waals surface area contributed by atoms with Crippen molar-refractivity contribution in [2.75, 3.05) is 0 Å². The molecule has 0 aliphatic carbocycles. The third kappa shape index (κ3) is 2.50. The number of halogens is 3. The lowest BCUT2D eigenvalue weighted by Crippen LogP contribution is -1.95. The summed E-state index contributed by atoms with van der Waals surface area (Å²) in [6.07, 6.45) is 0. The van der Waals surface area contributed by atoms with Gasteiger partial charge < -0.3 is 0 Å². The number of benzene rings is 1. The van der Waals surface area contributed by atoms with Gasteiger partial charge in [-0.2, -0.15) is 0 Å². The molecule has 1 aromatic heterocycles. The van der Waals surface area contributed by atoms with Crippen molar-refractivity contribution in [1.29, 1.82) is 0 Å². The predicted molar refractivity (Wildman–Crippen MR) is 67.8 cm³/mol. The summed E-state index contributed by atoms with van der Waals surface area (Å²) in [6.45, 7) is 3.97. The second-order valence-corrected chi connectivity index (χ2v) is 5.80. The maximum Gasteiger partial charge on any atom is 0.159 e. The zero-order chi connectivity index (χ0) is 12.6. The van der Waals surface area contributed by atoms with Crippen molar-refractivity contribution in [1.82, 2.24) is 0 Å². The van der Waals surface area contributed by atoms with Crippen molar-refractivity contribution in [2.24, 2.45) is 0 Å². The second kappa shape index (κ2) is 4.75. The SMILES string of the molecule is Cc1cc(C(Cl)c2ccc(F)c(F)c2)c(C)s1. The first-order valence-electron chi connectivity index (χ1n) is 5.15. The Morgan fingerprint density at radius 3 is 2.35 bits per heavy atom. The molecule has 0 spiro atoms. The first-order valence-corrected chi connectivity index (χ1v) is 6.40. The lowest BCUT2D eigenvalue weighted by molar-refractivity contribution is 0.507. The van der Waals surface area contributed by atoms with Gasteiger partial charge in [0.15, 0.2) is 11.6 Å². The summed E-state index contributed by atoms with van der Waals surface area (Å²) in [5.41, 5.74) is 1.53. The van der Waals surface area contributed by atoms with Gasteiger partial charge in [-0.3, -0.25) is 0 Å². The van der Waals surface area contributed by atoms with Gasteiger partial charge >= 0.3 is 0 Å². The van der Waals surface area contributed by atoms with Crippen LogP contribution in [0.15, 0.2) is 24.3 Å². The van der Waals surface area contributed by atoms with Gasteiger partial charge in [0.05, 0.1) is 5.38 Å². The number of rotatable bonds is 2. The van der Waals surface area contributed by atoms with E-state index in [4.69, 9.17) is 11.6 Å². The van der Waals surface area contributed by atoms with Crippen molar-refractivity contribution in [3.63, 3.8) is 0 Å². The molecule has 0 radical (unpaired) electrons. The molecule has 0 saturated heterocycles. The molecule has 0 saturated carbocycles. The normalized spacial score (nSPS) is 12.8. The molecular formula is C13H11ClF2S. The Labute approximate surface area is 108 Å². The van der Waals surface area contributed by atoms with E-state index in [1.807, 2.05) is 19.9 Å². The second-order valence-electron chi connectivity index (χ2n) is 3.90. The lowest BCUT2D eigenvalue weighted by atomic mass is 10.0. The summed E-state index contributed by atoms with van der Waals surface area (Å²) >= 11 is 7.94. The largest absolute Gasteiger partial charge is 0.204 e. The lowest BCUT2D eigenvalue weighted by Gasteiger charge is -2.10. The zero-order valence-electron chi connectivity index (χ0n) is 9.43. The van der Waals surface area contributed by atoms with E-state index in [2.05, 4.69) is 0 Å². The first-order chi connectivity index (χ1) is 7.99. The first kappa shape index (κ1) is 12.5. The van der Waals surface area contributed by atoms with Gasteiger partial charge in [0.25, 0.3) is 0 Å². The molecule has 0 aliphatic heterocycles.